The monoisotopic (exact) mass is 318 g/mol. The Bertz CT molecular complexity index is 773. The molecule has 0 spiro atoms. The third-order valence-electron chi connectivity index (χ3n) is 3.64. The van der Waals surface area contributed by atoms with Gasteiger partial charge in [-0.25, -0.2) is 9.69 Å². The van der Waals surface area contributed by atoms with Crippen LogP contribution in [0.4, 0.5) is 11.4 Å². The molecule has 0 saturated carbocycles. The van der Waals surface area contributed by atoms with Crippen molar-refractivity contribution in [2.24, 2.45) is 11.0 Å². The number of nitrogens with zero attached hydrogens (tertiary/aromatic N) is 3. The molecule has 10 heteroatoms. The molecular formula is C13H10N4O6. The highest BCUT2D eigenvalue weighted by molar-refractivity contribution is 6.46. The number of hydrogen-bond donors (Lipinski definition) is 1. The van der Waals surface area contributed by atoms with Gasteiger partial charge in [0.15, 0.2) is 5.71 Å². The number of nitro groups is 1. The van der Waals surface area contributed by atoms with Crippen molar-refractivity contribution in [3.63, 3.8) is 0 Å². The number of ether oxygens (including phenoxy) is 1. The van der Waals surface area contributed by atoms with Crippen molar-refractivity contribution >= 4 is 34.9 Å². The van der Waals surface area contributed by atoms with Crippen molar-refractivity contribution in [3.8, 4) is 0 Å². The lowest BCUT2D eigenvalue weighted by molar-refractivity contribution is -0.384. The lowest BCUT2D eigenvalue weighted by Gasteiger charge is -2.15. The van der Waals surface area contributed by atoms with E-state index in [0.29, 0.717) is 4.90 Å². The largest absolute Gasteiger partial charge is 0.464 e. The molecule has 118 valence electrons. The van der Waals surface area contributed by atoms with E-state index in [0.717, 1.165) is 7.11 Å². The van der Waals surface area contributed by atoms with Gasteiger partial charge in [-0.1, -0.05) is 12.1 Å². The summed E-state index contributed by atoms with van der Waals surface area (Å²) in [6.45, 7) is 0. The van der Waals surface area contributed by atoms with Crippen LogP contribution >= 0.6 is 0 Å². The predicted molar refractivity (Wildman–Crippen MR) is 75.5 cm³/mol. The summed E-state index contributed by atoms with van der Waals surface area (Å²) in [4.78, 5) is 47.7. The van der Waals surface area contributed by atoms with Crippen LogP contribution in [0.5, 0.6) is 0 Å². The van der Waals surface area contributed by atoms with Crippen LogP contribution in [0.15, 0.2) is 29.4 Å². The van der Waals surface area contributed by atoms with Gasteiger partial charge in [-0.2, -0.15) is 5.10 Å². The minimum atomic E-state index is -1.16. The number of fused-ring (bicyclic) bond motifs is 1. The summed E-state index contributed by atoms with van der Waals surface area (Å²) in [5.41, 5.74) is 1.66. The zero-order valence-corrected chi connectivity index (χ0v) is 11.8. The fraction of sp³-hybridized carbons (Fsp3) is 0.231. The molecule has 0 aliphatic carbocycles. The number of amides is 2. The molecular weight excluding hydrogens is 308 g/mol. The van der Waals surface area contributed by atoms with E-state index in [1.807, 2.05) is 0 Å². The van der Waals surface area contributed by atoms with Crippen LogP contribution in [0.1, 0.15) is 0 Å². The molecule has 0 radical (unpaired) electrons. The van der Waals surface area contributed by atoms with E-state index in [-0.39, 0.29) is 17.1 Å². The Kier molecular flexibility index (Phi) is 3.28. The molecule has 2 heterocycles. The maximum Gasteiger partial charge on any atom is 0.355 e. The first-order valence-corrected chi connectivity index (χ1v) is 6.50. The molecule has 1 aromatic rings. The molecule has 2 unspecified atom stereocenters. The number of rotatable bonds is 3. The van der Waals surface area contributed by atoms with Crippen LogP contribution < -0.4 is 10.3 Å². The highest BCUT2D eigenvalue weighted by Gasteiger charge is 2.56. The molecule has 2 atom stereocenters. The highest BCUT2D eigenvalue weighted by atomic mass is 16.6. The number of nitrogens with one attached hydrogen (secondary N) is 1. The minimum absolute atomic E-state index is 0.145. The van der Waals surface area contributed by atoms with E-state index in [4.69, 9.17) is 0 Å². The van der Waals surface area contributed by atoms with E-state index in [1.54, 1.807) is 0 Å². The summed E-state index contributed by atoms with van der Waals surface area (Å²) in [5.74, 6) is -3.47. The average molecular weight is 318 g/mol. The van der Waals surface area contributed by atoms with E-state index in [9.17, 15) is 24.5 Å². The third-order valence-corrected chi connectivity index (χ3v) is 3.64. The smallest absolute Gasteiger partial charge is 0.355 e. The molecule has 2 aliphatic rings. The standard InChI is InChI=1S/C13H10N4O6/c1-23-13(20)10-8-9(14-15-10)12(19)16(11(8)18)6-4-2-3-5-7(6)17(21)22/h2-5,8-9,14H,1H3. The number of methoxy groups -OCH3 is 1. The third kappa shape index (κ3) is 2.03. The molecule has 1 saturated heterocycles. The molecule has 2 aliphatic heterocycles. The molecule has 1 aromatic carbocycles. The zero-order chi connectivity index (χ0) is 16.7. The number of hydrogen-bond acceptors (Lipinski definition) is 8. The van der Waals surface area contributed by atoms with Gasteiger partial charge in [0.2, 0.25) is 5.91 Å². The summed E-state index contributed by atoms with van der Waals surface area (Å²) < 4.78 is 4.53. The number of carbonyl (C=O) groups is 3. The first-order valence-electron chi connectivity index (χ1n) is 6.50. The average Bonchev–Trinajstić information content (AvgIpc) is 3.08. The van der Waals surface area contributed by atoms with E-state index in [1.165, 1.54) is 24.3 Å². The number of nitro benzene ring substituents is 1. The fourth-order valence-corrected chi connectivity index (χ4v) is 2.61. The number of anilines is 1. The van der Waals surface area contributed by atoms with Crippen molar-refractivity contribution in [1.82, 2.24) is 5.43 Å². The molecule has 2 amide bonds. The van der Waals surface area contributed by atoms with Gasteiger partial charge in [0, 0.05) is 6.07 Å². The van der Waals surface area contributed by atoms with E-state index in [2.05, 4.69) is 15.3 Å². The van der Waals surface area contributed by atoms with Crippen molar-refractivity contribution < 1.29 is 24.0 Å². The zero-order valence-electron chi connectivity index (χ0n) is 11.8. The van der Waals surface area contributed by atoms with Crippen LogP contribution in [0, 0.1) is 16.0 Å². The van der Waals surface area contributed by atoms with Gasteiger partial charge >= 0.3 is 5.97 Å². The van der Waals surface area contributed by atoms with Crippen LogP contribution in [0.25, 0.3) is 0 Å². The van der Waals surface area contributed by atoms with Gasteiger partial charge < -0.3 is 4.74 Å². The SMILES string of the molecule is COC(=O)C1=NNC2C(=O)N(c3ccccc3[N+](=O)[O-])C(=O)C12. The van der Waals surface area contributed by atoms with Crippen molar-refractivity contribution in [2.75, 3.05) is 12.0 Å². The van der Waals surface area contributed by atoms with Gasteiger partial charge in [-0.15, -0.1) is 0 Å². The van der Waals surface area contributed by atoms with Gasteiger partial charge in [-0.05, 0) is 6.07 Å². The maximum absolute atomic E-state index is 12.6. The molecule has 0 bridgehead atoms. The number of para-hydroxylation sites is 2. The second-order valence-electron chi connectivity index (χ2n) is 4.83. The Labute approximate surface area is 128 Å². The van der Waals surface area contributed by atoms with Gasteiger partial charge in [0.25, 0.3) is 11.6 Å². The second-order valence-corrected chi connectivity index (χ2v) is 4.83. The van der Waals surface area contributed by atoms with Crippen LogP contribution in [-0.4, -0.2) is 41.6 Å². The molecule has 10 nitrogen and oxygen atoms in total. The van der Waals surface area contributed by atoms with Crippen LogP contribution in [0.2, 0.25) is 0 Å². The number of benzene rings is 1. The van der Waals surface area contributed by atoms with Gasteiger partial charge in [0.05, 0.1) is 12.0 Å². The second kappa shape index (κ2) is 5.16. The summed E-state index contributed by atoms with van der Waals surface area (Å²) in [5, 5.41) is 14.8. The summed E-state index contributed by atoms with van der Waals surface area (Å²) in [6, 6.07) is 4.31. The molecule has 1 fully saturated rings. The minimum Gasteiger partial charge on any atom is -0.464 e. The molecule has 23 heavy (non-hydrogen) atoms. The molecule has 0 aromatic heterocycles. The number of carbonyl (C=O) groups excluding carboxylic acids is 3. The normalized spacial score (nSPS) is 22.5. The van der Waals surface area contributed by atoms with Crippen molar-refractivity contribution in [2.45, 2.75) is 6.04 Å². The Hall–Kier alpha value is -3.30. The fourth-order valence-electron chi connectivity index (χ4n) is 2.61. The van der Waals surface area contributed by atoms with Crippen molar-refractivity contribution in [1.29, 1.82) is 0 Å². The number of esters is 1. The number of hydrazone groups is 1. The lowest BCUT2D eigenvalue weighted by Crippen LogP contribution is -2.36. The Morgan fingerprint density at radius 3 is 2.70 bits per heavy atom. The van der Waals surface area contributed by atoms with E-state index >= 15 is 0 Å². The van der Waals surface area contributed by atoms with E-state index < -0.39 is 34.7 Å². The predicted octanol–water partition coefficient (Wildman–Crippen LogP) is -0.415. The van der Waals surface area contributed by atoms with Gasteiger partial charge in [-0.3, -0.25) is 25.1 Å². The topological polar surface area (TPSA) is 131 Å². The first kappa shape index (κ1) is 14.6. The Balaban J connectivity index is 2.03. The highest BCUT2D eigenvalue weighted by Crippen LogP contribution is 2.35. The van der Waals surface area contributed by atoms with Gasteiger partial charge in [0.1, 0.15) is 17.6 Å². The summed E-state index contributed by atoms with van der Waals surface area (Å²) >= 11 is 0. The Morgan fingerprint density at radius 2 is 2.04 bits per heavy atom. The first-order chi connectivity index (χ1) is 11.0. The maximum atomic E-state index is 12.6. The molecule has 3 rings (SSSR count). The van der Waals surface area contributed by atoms with Crippen LogP contribution in [0.3, 0.4) is 0 Å². The molecule has 1 N–H and O–H groups in total. The quantitative estimate of drug-likeness (QED) is 0.346. The summed E-state index contributed by atoms with van der Waals surface area (Å²) in [6.07, 6.45) is 0. The lowest BCUT2D eigenvalue weighted by atomic mass is 9.99. The summed E-state index contributed by atoms with van der Waals surface area (Å²) in [7, 11) is 1.12. The van der Waals surface area contributed by atoms with Crippen molar-refractivity contribution in [3.05, 3.63) is 34.4 Å². The Morgan fingerprint density at radius 1 is 1.35 bits per heavy atom. The number of imide groups is 1. The van der Waals surface area contributed by atoms with Crippen LogP contribution in [-0.2, 0) is 19.1 Å².